The van der Waals surface area contributed by atoms with Crippen molar-refractivity contribution in [1.82, 2.24) is 14.9 Å². The van der Waals surface area contributed by atoms with Crippen LogP contribution in [0.15, 0.2) is 12.5 Å². The van der Waals surface area contributed by atoms with Crippen molar-refractivity contribution in [2.24, 2.45) is 0 Å². The minimum atomic E-state index is -0.951. The quantitative estimate of drug-likeness (QED) is 0.810. The van der Waals surface area contributed by atoms with E-state index in [1.165, 1.54) is 25.4 Å². The number of aromatic carboxylic acids is 1. The van der Waals surface area contributed by atoms with Gasteiger partial charge in [-0.05, 0) is 25.8 Å². The molecule has 1 heterocycles. The number of aromatic nitrogens is 2. The van der Waals surface area contributed by atoms with Crippen molar-refractivity contribution < 1.29 is 9.90 Å². The number of carbonyl (C=O) groups is 1. The maximum atomic E-state index is 11.0. The van der Waals surface area contributed by atoms with Crippen LogP contribution in [-0.2, 0) is 6.54 Å². The maximum absolute atomic E-state index is 11.0. The molecule has 0 bridgehead atoms. The van der Waals surface area contributed by atoms with Gasteiger partial charge in [0, 0.05) is 18.8 Å². The Morgan fingerprint density at radius 2 is 2.35 bits per heavy atom. The Morgan fingerprint density at radius 1 is 1.59 bits per heavy atom. The van der Waals surface area contributed by atoms with Gasteiger partial charge in [0.25, 0.3) is 0 Å². The molecule has 5 nitrogen and oxygen atoms in total. The van der Waals surface area contributed by atoms with E-state index in [4.69, 9.17) is 5.11 Å². The summed E-state index contributed by atoms with van der Waals surface area (Å²) in [6.45, 7) is 3.74. The van der Waals surface area contributed by atoms with E-state index in [0.717, 1.165) is 13.0 Å². The van der Waals surface area contributed by atoms with E-state index in [9.17, 15) is 4.79 Å². The average molecular weight is 235 g/mol. The molecule has 1 fully saturated rings. The molecule has 0 spiro atoms. The Morgan fingerprint density at radius 3 is 2.94 bits per heavy atom. The lowest BCUT2D eigenvalue weighted by atomic mass is 10.2. The van der Waals surface area contributed by atoms with Gasteiger partial charge >= 0.3 is 5.97 Å². The second-order valence-corrected chi connectivity index (χ2v) is 4.39. The van der Waals surface area contributed by atoms with Gasteiger partial charge in [-0.1, -0.05) is 6.92 Å². The van der Waals surface area contributed by atoms with Crippen molar-refractivity contribution in [2.45, 2.75) is 38.8 Å². The van der Waals surface area contributed by atoms with E-state index in [2.05, 4.69) is 21.8 Å². The largest absolute Gasteiger partial charge is 0.478 e. The molecule has 0 saturated heterocycles. The van der Waals surface area contributed by atoms with Crippen LogP contribution in [-0.4, -0.2) is 38.5 Å². The van der Waals surface area contributed by atoms with E-state index in [1.54, 1.807) is 0 Å². The molecule has 1 saturated carbocycles. The molecule has 0 aliphatic heterocycles. The summed E-state index contributed by atoms with van der Waals surface area (Å²) in [5.41, 5.74) is 0.835. The molecule has 0 unspecified atom stereocenters. The van der Waals surface area contributed by atoms with Gasteiger partial charge in [0.2, 0.25) is 0 Å². The van der Waals surface area contributed by atoms with Crippen molar-refractivity contribution in [3.63, 3.8) is 0 Å². The highest BCUT2D eigenvalue weighted by Gasteiger charge is 2.29. The summed E-state index contributed by atoms with van der Waals surface area (Å²) in [7, 11) is 0. The summed E-state index contributed by atoms with van der Waals surface area (Å²) in [5.74, 6) is -0.951. The molecule has 17 heavy (non-hydrogen) atoms. The normalized spacial score (nSPS) is 15.2. The van der Waals surface area contributed by atoms with E-state index in [1.807, 2.05) is 0 Å². The van der Waals surface area contributed by atoms with Crippen molar-refractivity contribution in [1.29, 1.82) is 0 Å². The second-order valence-electron chi connectivity index (χ2n) is 4.39. The number of rotatable bonds is 6. The fraction of sp³-hybridized carbons (Fsp3) is 0.583. The molecule has 92 valence electrons. The first-order valence-electron chi connectivity index (χ1n) is 5.98. The predicted molar refractivity (Wildman–Crippen MR) is 62.7 cm³/mol. The number of carboxylic acid groups (broad SMARTS) is 1. The van der Waals surface area contributed by atoms with Gasteiger partial charge in [0.05, 0.1) is 5.69 Å². The van der Waals surface area contributed by atoms with Gasteiger partial charge in [-0.15, -0.1) is 0 Å². The number of nitrogens with zero attached hydrogens (tertiary/aromatic N) is 3. The van der Waals surface area contributed by atoms with Crippen LogP contribution in [0.25, 0.3) is 0 Å². The Hall–Kier alpha value is -1.49. The smallest absolute Gasteiger partial charge is 0.339 e. The molecule has 1 aromatic rings. The Labute approximate surface area is 100 Å². The van der Waals surface area contributed by atoms with Gasteiger partial charge in [0.1, 0.15) is 11.9 Å². The monoisotopic (exact) mass is 235 g/mol. The van der Waals surface area contributed by atoms with Crippen LogP contribution in [0, 0.1) is 0 Å². The third-order valence-corrected chi connectivity index (χ3v) is 2.95. The molecule has 0 atom stereocenters. The predicted octanol–water partition coefficient (Wildman–Crippen LogP) is 1.55. The molecule has 1 aliphatic carbocycles. The molecule has 1 N–H and O–H groups in total. The first kappa shape index (κ1) is 12.0. The molecular weight excluding hydrogens is 218 g/mol. The Balaban J connectivity index is 2.13. The maximum Gasteiger partial charge on any atom is 0.339 e. The average Bonchev–Trinajstić information content (AvgIpc) is 3.13. The molecule has 2 rings (SSSR count). The lowest BCUT2D eigenvalue weighted by molar-refractivity contribution is 0.0693. The molecule has 0 amide bonds. The van der Waals surface area contributed by atoms with Crippen LogP contribution in [0.1, 0.15) is 42.2 Å². The molecule has 1 aromatic heterocycles. The van der Waals surface area contributed by atoms with Gasteiger partial charge in [-0.25, -0.2) is 14.8 Å². The number of carboxylic acids is 1. The summed E-state index contributed by atoms with van der Waals surface area (Å²) in [4.78, 5) is 21.2. The van der Waals surface area contributed by atoms with Crippen molar-refractivity contribution in [3.8, 4) is 0 Å². The van der Waals surface area contributed by atoms with E-state index < -0.39 is 5.97 Å². The zero-order valence-corrected chi connectivity index (χ0v) is 9.96. The third-order valence-electron chi connectivity index (χ3n) is 2.95. The first-order valence-corrected chi connectivity index (χ1v) is 5.98. The second kappa shape index (κ2) is 5.23. The van der Waals surface area contributed by atoms with E-state index in [-0.39, 0.29) is 5.56 Å². The summed E-state index contributed by atoms with van der Waals surface area (Å²) in [5, 5.41) is 9.06. The van der Waals surface area contributed by atoms with Crippen molar-refractivity contribution in [2.75, 3.05) is 6.54 Å². The first-order chi connectivity index (χ1) is 8.22. The lowest BCUT2D eigenvalue weighted by Gasteiger charge is -2.21. The summed E-state index contributed by atoms with van der Waals surface area (Å²) in [6, 6.07) is 0.617. The minimum absolute atomic E-state index is 0.217. The van der Waals surface area contributed by atoms with Crippen LogP contribution in [0.2, 0.25) is 0 Å². The lowest BCUT2D eigenvalue weighted by Crippen LogP contribution is -2.28. The standard InChI is InChI=1S/C12H17N3O2/c1-2-5-15(9-3-4-9)7-11-10(12(16)17)6-13-8-14-11/h6,8-9H,2-5,7H2,1H3,(H,16,17). The molecule has 0 aromatic carbocycles. The van der Waals surface area contributed by atoms with Gasteiger partial charge in [0.15, 0.2) is 0 Å². The highest BCUT2D eigenvalue weighted by molar-refractivity contribution is 5.88. The molecule has 1 aliphatic rings. The number of hydrogen-bond acceptors (Lipinski definition) is 4. The van der Waals surface area contributed by atoms with Crippen LogP contribution in [0.3, 0.4) is 0 Å². The zero-order chi connectivity index (χ0) is 12.3. The molecule has 5 heteroatoms. The highest BCUT2D eigenvalue weighted by atomic mass is 16.4. The van der Waals surface area contributed by atoms with Gasteiger partial charge < -0.3 is 5.11 Å². The fourth-order valence-corrected chi connectivity index (χ4v) is 1.97. The van der Waals surface area contributed by atoms with Crippen molar-refractivity contribution in [3.05, 3.63) is 23.8 Å². The van der Waals surface area contributed by atoms with Crippen LogP contribution < -0.4 is 0 Å². The van der Waals surface area contributed by atoms with Gasteiger partial charge in [-0.2, -0.15) is 0 Å². The summed E-state index contributed by atoms with van der Waals surface area (Å²) >= 11 is 0. The van der Waals surface area contributed by atoms with E-state index in [0.29, 0.717) is 18.3 Å². The SMILES string of the molecule is CCCN(Cc1ncncc1C(=O)O)C1CC1. The molecular formula is C12H17N3O2. The highest BCUT2D eigenvalue weighted by Crippen LogP contribution is 2.28. The summed E-state index contributed by atoms with van der Waals surface area (Å²) < 4.78 is 0. The topological polar surface area (TPSA) is 66.3 Å². The van der Waals surface area contributed by atoms with Gasteiger partial charge in [-0.3, -0.25) is 4.90 Å². The summed E-state index contributed by atoms with van der Waals surface area (Å²) in [6.07, 6.45) is 6.30. The third kappa shape index (κ3) is 3.00. The van der Waals surface area contributed by atoms with Crippen LogP contribution in [0.4, 0.5) is 0 Å². The molecule has 0 radical (unpaired) electrons. The fourth-order valence-electron chi connectivity index (χ4n) is 1.97. The Bertz CT molecular complexity index is 404. The van der Waals surface area contributed by atoms with Crippen LogP contribution in [0.5, 0.6) is 0 Å². The van der Waals surface area contributed by atoms with Crippen molar-refractivity contribution >= 4 is 5.97 Å². The van der Waals surface area contributed by atoms with E-state index >= 15 is 0 Å². The Kier molecular flexibility index (Phi) is 3.68. The minimum Gasteiger partial charge on any atom is -0.478 e. The zero-order valence-electron chi connectivity index (χ0n) is 9.96. The van der Waals surface area contributed by atoms with Crippen LogP contribution >= 0.6 is 0 Å². The number of hydrogen-bond donors (Lipinski definition) is 1.